The molecule has 0 spiro atoms. The van der Waals surface area contributed by atoms with Gasteiger partial charge >= 0.3 is 0 Å². The smallest absolute Gasteiger partial charge is 0.219 e. The summed E-state index contributed by atoms with van der Waals surface area (Å²) < 4.78 is 13.1. The SMILES string of the molecule is COc1cc2cc3c4ccccc4cc[n+]3c(C)c2cc1OC. The van der Waals surface area contributed by atoms with Crippen LogP contribution in [0.2, 0.25) is 0 Å². The van der Waals surface area contributed by atoms with Crippen LogP contribution in [0.4, 0.5) is 0 Å². The molecule has 0 atom stereocenters. The van der Waals surface area contributed by atoms with Gasteiger partial charge in [-0.25, -0.2) is 0 Å². The predicted octanol–water partition coefficient (Wildman–Crippen LogP) is 4.06. The number of hydrogen-bond acceptors (Lipinski definition) is 2. The third-order valence-electron chi connectivity index (χ3n) is 4.50. The molecule has 0 N–H and O–H groups in total. The number of nitrogens with zero attached hydrogens (tertiary/aromatic N) is 1. The Kier molecular flexibility index (Phi) is 3.08. The van der Waals surface area contributed by atoms with Crippen molar-refractivity contribution in [1.82, 2.24) is 0 Å². The summed E-state index contributed by atoms with van der Waals surface area (Å²) in [4.78, 5) is 0. The number of pyridine rings is 2. The van der Waals surface area contributed by atoms with E-state index in [4.69, 9.17) is 9.47 Å². The van der Waals surface area contributed by atoms with E-state index in [1.807, 2.05) is 12.1 Å². The number of ether oxygens (including phenoxy) is 2. The standard InChI is InChI=1S/C20H18NO2/c1-13-17-12-20(23-3)19(22-2)11-15(17)10-18-16-7-5-4-6-14(16)8-9-21(13)18/h4-12H,1-3H3/q+1. The number of methoxy groups -OCH3 is 2. The van der Waals surface area contributed by atoms with Crippen LogP contribution < -0.4 is 13.9 Å². The summed E-state index contributed by atoms with van der Waals surface area (Å²) in [6.07, 6.45) is 2.13. The molecule has 4 rings (SSSR count). The van der Waals surface area contributed by atoms with Crippen molar-refractivity contribution in [3.8, 4) is 11.5 Å². The zero-order chi connectivity index (χ0) is 16.0. The first-order chi connectivity index (χ1) is 11.2. The average Bonchev–Trinajstić information content (AvgIpc) is 2.60. The second-order valence-electron chi connectivity index (χ2n) is 5.68. The molecule has 2 aromatic carbocycles. The van der Waals surface area contributed by atoms with Gasteiger partial charge in [-0.05, 0) is 29.0 Å². The second kappa shape index (κ2) is 5.13. The third-order valence-corrected chi connectivity index (χ3v) is 4.50. The van der Waals surface area contributed by atoms with E-state index in [0.717, 1.165) is 22.3 Å². The quantitative estimate of drug-likeness (QED) is 0.317. The maximum Gasteiger partial charge on any atom is 0.219 e. The number of aryl methyl sites for hydroxylation is 1. The summed E-state index contributed by atoms with van der Waals surface area (Å²) >= 11 is 0. The van der Waals surface area contributed by atoms with E-state index in [2.05, 4.69) is 53.9 Å². The Morgan fingerprint density at radius 1 is 0.783 bits per heavy atom. The predicted molar refractivity (Wildman–Crippen MR) is 92.5 cm³/mol. The van der Waals surface area contributed by atoms with Crippen LogP contribution in [0.15, 0.2) is 54.7 Å². The van der Waals surface area contributed by atoms with Gasteiger partial charge in [0.1, 0.15) is 0 Å². The van der Waals surface area contributed by atoms with Crippen molar-refractivity contribution >= 4 is 27.1 Å². The van der Waals surface area contributed by atoms with E-state index >= 15 is 0 Å². The van der Waals surface area contributed by atoms with Crippen molar-refractivity contribution in [2.24, 2.45) is 0 Å². The highest BCUT2D eigenvalue weighted by Gasteiger charge is 2.17. The van der Waals surface area contributed by atoms with Gasteiger partial charge in [0.15, 0.2) is 23.4 Å². The van der Waals surface area contributed by atoms with Gasteiger partial charge in [0.25, 0.3) is 0 Å². The maximum atomic E-state index is 5.45. The fourth-order valence-corrected chi connectivity index (χ4v) is 3.28. The maximum absolute atomic E-state index is 5.45. The molecular weight excluding hydrogens is 286 g/mol. The summed E-state index contributed by atoms with van der Waals surface area (Å²) in [5.41, 5.74) is 2.38. The lowest BCUT2D eigenvalue weighted by Crippen LogP contribution is -2.25. The van der Waals surface area contributed by atoms with Gasteiger partial charge in [0.2, 0.25) is 5.52 Å². The lowest BCUT2D eigenvalue weighted by atomic mass is 10.0. The molecule has 2 heterocycles. The number of hydrogen-bond donors (Lipinski definition) is 0. The lowest BCUT2D eigenvalue weighted by Gasteiger charge is -2.10. The highest BCUT2D eigenvalue weighted by atomic mass is 16.5. The van der Waals surface area contributed by atoms with Crippen LogP contribution in [0.1, 0.15) is 5.69 Å². The largest absolute Gasteiger partial charge is 0.493 e. The number of rotatable bonds is 2. The number of aromatic nitrogens is 1. The van der Waals surface area contributed by atoms with Crippen LogP contribution in [-0.4, -0.2) is 14.2 Å². The molecule has 114 valence electrons. The highest BCUT2D eigenvalue weighted by molar-refractivity contribution is 5.98. The molecule has 0 aliphatic carbocycles. The summed E-state index contributed by atoms with van der Waals surface area (Å²) in [5, 5.41) is 4.80. The molecule has 2 aromatic heterocycles. The fraction of sp³-hybridized carbons (Fsp3) is 0.150. The van der Waals surface area contributed by atoms with Gasteiger partial charge in [-0.15, -0.1) is 0 Å². The normalized spacial score (nSPS) is 11.3. The van der Waals surface area contributed by atoms with E-state index < -0.39 is 0 Å². The average molecular weight is 304 g/mol. The molecule has 0 radical (unpaired) electrons. The molecule has 23 heavy (non-hydrogen) atoms. The van der Waals surface area contributed by atoms with Gasteiger partial charge in [0.05, 0.1) is 25.0 Å². The molecule has 0 bridgehead atoms. The van der Waals surface area contributed by atoms with Gasteiger partial charge in [-0.1, -0.05) is 18.2 Å². The van der Waals surface area contributed by atoms with Crippen molar-refractivity contribution in [2.45, 2.75) is 6.92 Å². The van der Waals surface area contributed by atoms with Gasteiger partial charge < -0.3 is 9.47 Å². The molecule has 0 unspecified atom stereocenters. The highest BCUT2D eigenvalue weighted by Crippen LogP contribution is 2.33. The van der Waals surface area contributed by atoms with Crippen LogP contribution in [0, 0.1) is 6.92 Å². The molecule has 0 saturated carbocycles. The van der Waals surface area contributed by atoms with Gasteiger partial charge in [-0.3, -0.25) is 0 Å². The zero-order valence-electron chi connectivity index (χ0n) is 13.5. The van der Waals surface area contributed by atoms with Crippen molar-refractivity contribution in [2.75, 3.05) is 14.2 Å². The molecule has 0 aliphatic rings. The first kappa shape index (κ1) is 13.8. The van der Waals surface area contributed by atoms with Crippen LogP contribution in [0.5, 0.6) is 11.5 Å². The Hall–Kier alpha value is -2.81. The van der Waals surface area contributed by atoms with Crippen molar-refractivity contribution in [1.29, 1.82) is 0 Å². The lowest BCUT2D eigenvalue weighted by molar-refractivity contribution is -0.516. The van der Waals surface area contributed by atoms with Crippen molar-refractivity contribution in [3.63, 3.8) is 0 Å². The second-order valence-corrected chi connectivity index (χ2v) is 5.68. The minimum Gasteiger partial charge on any atom is -0.493 e. The number of fused-ring (bicyclic) bond motifs is 4. The molecule has 3 nitrogen and oxygen atoms in total. The summed E-state index contributed by atoms with van der Waals surface area (Å²) in [6, 6.07) is 16.9. The van der Waals surface area contributed by atoms with Crippen LogP contribution in [0.25, 0.3) is 27.1 Å². The van der Waals surface area contributed by atoms with E-state index in [0.29, 0.717) is 0 Å². The van der Waals surface area contributed by atoms with Crippen LogP contribution in [-0.2, 0) is 0 Å². The van der Waals surface area contributed by atoms with E-state index in [-0.39, 0.29) is 0 Å². The first-order valence-electron chi connectivity index (χ1n) is 7.61. The molecule has 4 aromatic rings. The molecule has 3 heteroatoms. The Morgan fingerprint density at radius 2 is 1.52 bits per heavy atom. The Morgan fingerprint density at radius 3 is 2.30 bits per heavy atom. The zero-order valence-corrected chi connectivity index (χ0v) is 13.5. The Balaban J connectivity index is 2.19. The Bertz CT molecular complexity index is 1050. The topological polar surface area (TPSA) is 22.6 Å². The monoisotopic (exact) mass is 304 g/mol. The minimum absolute atomic E-state index is 0.754. The molecule has 0 aliphatic heterocycles. The van der Waals surface area contributed by atoms with Crippen molar-refractivity contribution < 1.29 is 13.9 Å². The van der Waals surface area contributed by atoms with Crippen molar-refractivity contribution in [3.05, 3.63) is 60.4 Å². The van der Waals surface area contributed by atoms with E-state index in [1.165, 1.54) is 22.0 Å². The van der Waals surface area contributed by atoms with Gasteiger partial charge in [0, 0.05) is 19.1 Å². The first-order valence-corrected chi connectivity index (χ1v) is 7.61. The molecular formula is C20H18NO2+. The molecule has 0 fully saturated rings. The summed E-state index contributed by atoms with van der Waals surface area (Å²) in [7, 11) is 3.34. The number of benzene rings is 2. The summed E-state index contributed by atoms with van der Waals surface area (Å²) in [5.74, 6) is 1.51. The van der Waals surface area contributed by atoms with Crippen LogP contribution in [0.3, 0.4) is 0 Å². The molecule has 0 amide bonds. The fourth-order valence-electron chi connectivity index (χ4n) is 3.28. The summed E-state index contributed by atoms with van der Waals surface area (Å²) in [6.45, 7) is 2.13. The Labute approximate surface area is 134 Å². The molecule has 0 saturated heterocycles. The minimum atomic E-state index is 0.754. The van der Waals surface area contributed by atoms with Gasteiger partial charge in [-0.2, -0.15) is 4.40 Å². The van der Waals surface area contributed by atoms with E-state index in [9.17, 15) is 0 Å². The van der Waals surface area contributed by atoms with Crippen LogP contribution >= 0.6 is 0 Å². The van der Waals surface area contributed by atoms with E-state index in [1.54, 1.807) is 14.2 Å². The third kappa shape index (κ3) is 2.00.